The molecule has 0 spiro atoms. The molecule has 0 fully saturated rings. The van der Waals surface area contributed by atoms with Gasteiger partial charge in [0.2, 0.25) is 0 Å². The highest BCUT2D eigenvalue weighted by atomic mass is 79.9. The van der Waals surface area contributed by atoms with Crippen LogP contribution in [0.1, 0.15) is 16.8 Å². The van der Waals surface area contributed by atoms with Crippen molar-refractivity contribution < 1.29 is 19.0 Å². The van der Waals surface area contributed by atoms with Crippen LogP contribution in [0.4, 0.5) is 0 Å². The smallest absolute Gasteiger partial charge is 0.178 e. The van der Waals surface area contributed by atoms with Crippen LogP contribution in [0, 0.1) is 0 Å². The van der Waals surface area contributed by atoms with E-state index in [2.05, 4.69) is 15.9 Å². The molecule has 0 saturated heterocycles. The fourth-order valence-electron chi connectivity index (χ4n) is 1.61. The molecule has 0 aliphatic rings. The van der Waals surface area contributed by atoms with Crippen LogP contribution < -0.4 is 19.9 Å². The molecule has 6 heteroatoms. The summed E-state index contributed by atoms with van der Waals surface area (Å²) in [5.74, 6) is 1.27. The quantitative estimate of drug-likeness (QED) is 0.813. The standard InChI is InChI=1S/C12H16BrNO4/c1-16-9-6-7(8(15)4-5-14)11(17-2)10(13)12(9)18-3/h6H,4-5,14H2,1-3H3. The Bertz CT molecular complexity index is 448. The Morgan fingerprint density at radius 2 is 1.83 bits per heavy atom. The fraction of sp³-hybridized carbons (Fsp3) is 0.417. The highest BCUT2D eigenvalue weighted by molar-refractivity contribution is 9.10. The number of carbonyl (C=O) groups excluding carboxylic acids is 1. The molecule has 1 rings (SSSR count). The minimum atomic E-state index is -0.101. The van der Waals surface area contributed by atoms with Crippen molar-refractivity contribution in [1.82, 2.24) is 0 Å². The van der Waals surface area contributed by atoms with E-state index in [4.69, 9.17) is 19.9 Å². The summed E-state index contributed by atoms with van der Waals surface area (Å²) in [5.41, 5.74) is 5.82. The van der Waals surface area contributed by atoms with Crippen LogP contribution >= 0.6 is 15.9 Å². The molecule has 0 saturated carbocycles. The van der Waals surface area contributed by atoms with E-state index in [1.165, 1.54) is 21.3 Å². The van der Waals surface area contributed by atoms with Gasteiger partial charge in [-0.15, -0.1) is 0 Å². The summed E-state index contributed by atoms with van der Waals surface area (Å²) in [6.45, 7) is 0.286. The zero-order chi connectivity index (χ0) is 13.7. The third-order valence-electron chi connectivity index (χ3n) is 2.44. The normalized spacial score (nSPS) is 10.1. The number of halogens is 1. The second-order valence-corrected chi connectivity index (χ2v) is 4.26. The van der Waals surface area contributed by atoms with E-state index in [0.717, 1.165) is 0 Å². The number of hydrogen-bond acceptors (Lipinski definition) is 5. The lowest BCUT2D eigenvalue weighted by molar-refractivity contribution is 0.0982. The van der Waals surface area contributed by atoms with E-state index in [1.54, 1.807) is 6.07 Å². The van der Waals surface area contributed by atoms with Gasteiger partial charge in [0.05, 0.1) is 26.9 Å². The second-order valence-electron chi connectivity index (χ2n) is 3.47. The zero-order valence-corrected chi connectivity index (χ0v) is 12.2. The molecule has 0 aliphatic heterocycles. The lowest BCUT2D eigenvalue weighted by Crippen LogP contribution is -2.10. The van der Waals surface area contributed by atoms with Gasteiger partial charge in [-0.2, -0.15) is 0 Å². The molecule has 1 aromatic carbocycles. The van der Waals surface area contributed by atoms with E-state index in [-0.39, 0.29) is 18.7 Å². The van der Waals surface area contributed by atoms with Crippen molar-refractivity contribution in [3.63, 3.8) is 0 Å². The highest BCUT2D eigenvalue weighted by Crippen LogP contribution is 2.44. The Kier molecular flexibility index (Phi) is 5.43. The maximum atomic E-state index is 12.0. The van der Waals surface area contributed by atoms with Gasteiger partial charge in [-0.25, -0.2) is 0 Å². The van der Waals surface area contributed by atoms with Crippen LogP contribution in [0.25, 0.3) is 0 Å². The average molecular weight is 318 g/mol. The third kappa shape index (κ3) is 2.76. The lowest BCUT2D eigenvalue weighted by atomic mass is 10.1. The topological polar surface area (TPSA) is 70.8 Å². The van der Waals surface area contributed by atoms with E-state index in [0.29, 0.717) is 27.3 Å². The Labute approximate surface area is 114 Å². The molecule has 0 amide bonds. The van der Waals surface area contributed by atoms with E-state index in [1.807, 2.05) is 0 Å². The van der Waals surface area contributed by atoms with E-state index < -0.39 is 0 Å². The minimum absolute atomic E-state index is 0.101. The van der Waals surface area contributed by atoms with Crippen molar-refractivity contribution in [2.45, 2.75) is 6.42 Å². The van der Waals surface area contributed by atoms with E-state index >= 15 is 0 Å². The summed E-state index contributed by atoms with van der Waals surface area (Å²) >= 11 is 3.35. The lowest BCUT2D eigenvalue weighted by Gasteiger charge is -2.16. The van der Waals surface area contributed by atoms with Gasteiger partial charge >= 0.3 is 0 Å². The van der Waals surface area contributed by atoms with Gasteiger partial charge in [-0.1, -0.05) is 0 Å². The molecule has 18 heavy (non-hydrogen) atoms. The van der Waals surface area contributed by atoms with Gasteiger partial charge in [-0.3, -0.25) is 4.79 Å². The van der Waals surface area contributed by atoms with Gasteiger partial charge < -0.3 is 19.9 Å². The molecular weight excluding hydrogens is 302 g/mol. The molecular formula is C12H16BrNO4. The van der Waals surface area contributed by atoms with Gasteiger partial charge in [0.1, 0.15) is 10.2 Å². The van der Waals surface area contributed by atoms with Gasteiger partial charge in [0, 0.05) is 6.42 Å². The van der Waals surface area contributed by atoms with Crippen molar-refractivity contribution >= 4 is 21.7 Å². The zero-order valence-electron chi connectivity index (χ0n) is 10.6. The first kappa shape index (κ1) is 14.8. The third-order valence-corrected chi connectivity index (χ3v) is 3.16. The summed E-state index contributed by atoms with van der Waals surface area (Å²) < 4.78 is 16.2. The van der Waals surface area contributed by atoms with Crippen LogP contribution in [0.5, 0.6) is 17.2 Å². The van der Waals surface area contributed by atoms with Crippen molar-refractivity contribution in [3.8, 4) is 17.2 Å². The monoisotopic (exact) mass is 317 g/mol. The molecule has 0 aliphatic carbocycles. The summed E-state index contributed by atoms with van der Waals surface area (Å²) in [6.07, 6.45) is 0.248. The van der Waals surface area contributed by atoms with Crippen LogP contribution in [0.15, 0.2) is 10.5 Å². The molecule has 0 atom stereocenters. The number of ketones is 1. The number of methoxy groups -OCH3 is 3. The molecule has 0 heterocycles. The summed E-state index contributed by atoms with van der Waals surface area (Å²) in [7, 11) is 4.52. The number of rotatable bonds is 6. The summed E-state index contributed by atoms with van der Waals surface area (Å²) in [4.78, 5) is 12.0. The van der Waals surface area contributed by atoms with Crippen molar-refractivity contribution in [2.75, 3.05) is 27.9 Å². The highest BCUT2D eigenvalue weighted by Gasteiger charge is 2.22. The number of Topliss-reactive ketones (excluding diaryl/α,β-unsaturated/α-hetero) is 1. The Morgan fingerprint density at radius 3 is 2.28 bits per heavy atom. The number of carbonyl (C=O) groups is 1. The van der Waals surface area contributed by atoms with Crippen LogP contribution in [-0.4, -0.2) is 33.7 Å². The molecule has 0 bridgehead atoms. The summed E-state index contributed by atoms with van der Waals surface area (Å²) in [5, 5.41) is 0. The maximum absolute atomic E-state index is 12.0. The Hall–Kier alpha value is -1.27. The first-order valence-electron chi connectivity index (χ1n) is 5.32. The number of hydrogen-bond donors (Lipinski definition) is 1. The summed E-state index contributed by atoms with van der Waals surface area (Å²) in [6, 6.07) is 1.60. The molecule has 0 unspecified atom stereocenters. The number of benzene rings is 1. The largest absolute Gasteiger partial charge is 0.495 e. The first-order valence-corrected chi connectivity index (χ1v) is 6.11. The predicted molar refractivity (Wildman–Crippen MR) is 71.8 cm³/mol. The van der Waals surface area contributed by atoms with Crippen molar-refractivity contribution in [3.05, 3.63) is 16.1 Å². The van der Waals surface area contributed by atoms with Crippen molar-refractivity contribution in [1.29, 1.82) is 0 Å². The molecule has 2 N–H and O–H groups in total. The number of ether oxygens (including phenoxy) is 3. The fourth-order valence-corrected chi connectivity index (χ4v) is 2.34. The minimum Gasteiger partial charge on any atom is -0.495 e. The Morgan fingerprint density at radius 1 is 1.22 bits per heavy atom. The van der Waals surface area contributed by atoms with Crippen molar-refractivity contribution in [2.24, 2.45) is 5.73 Å². The molecule has 0 radical (unpaired) electrons. The molecule has 100 valence electrons. The first-order chi connectivity index (χ1) is 8.60. The van der Waals surface area contributed by atoms with Crippen LogP contribution in [-0.2, 0) is 0 Å². The Balaban J connectivity index is 3.42. The molecule has 5 nitrogen and oxygen atoms in total. The molecule has 0 aromatic heterocycles. The predicted octanol–water partition coefficient (Wildman–Crippen LogP) is 2.01. The molecule has 1 aromatic rings. The number of nitrogens with two attached hydrogens (primary N) is 1. The van der Waals surface area contributed by atoms with Crippen LogP contribution in [0.2, 0.25) is 0 Å². The SMILES string of the molecule is COc1cc(C(=O)CCN)c(OC)c(Br)c1OC. The van der Waals surface area contributed by atoms with Crippen LogP contribution in [0.3, 0.4) is 0 Å². The van der Waals surface area contributed by atoms with Gasteiger partial charge in [0.15, 0.2) is 17.3 Å². The van der Waals surface area contributed by atoms with E-state index in [9.17, 15) is 4.79 Å². The second kappa shape index (κ2) is 6.61. The average Bonchev–Trinajstić information content (AvgIpc) is 2.37. The maximum Gasteiger partial charge on any atom is 0.178 e. The van der Waals surface area contributed by atoms with Gasteiger partial charge in [-0.05, 0) is 28.5 Å². The van der Waals surface area contributed by atoms with Gasteiger partial charge in [0.25, 0.3) is 0 Å².